The van der Waals surface area contributed by atoms with Crippen LogP contribution >= 0.6 is 23.2 Å². The Morgan fingerprint density at radius 3 is 1.11 bits per heavy atom. The summed E-state index contributed by atoms with van der Waals surface area (Å²) in [5.41, 5.74) is 1.98. The number of halogens is 2. The number of anilines is 2. The molecule has 0 N–H and O–H groups in total. The molecule has 8 nitrogen and oxygen atoms in total. The second-order valence-corrected chi connectivity index (χ2v) is 11.6. The Morgan fingerprint density at radius 1 is 0.489 bits per heavy atom. The fourth-order valence-electron chi connectivity index (χ4n) is 5.19. The summed E-state index contributed by atoms with van der Waals surface area (Å²) < 4.78 is 12.0. The highest BCUT2D eigenvalue weighted by Crippen LogP contribution is 2.42. The zero-order valence-corrected chi connectivity index (χ0v) is 25.5. The second-order valence-electron chi connectivity index (χ2n) is 10.8. The summed E-state index contributed by atoms with van der Waals surface area (Å²) >= 11 is 13.5. The Bertz CT molecular complexity index is 1760. The molecule has 224 valence electrons. The molecule has 4 aromatic rings. The predicted octanol–water partition coefficient (Wildman–Crippen LogP) is 7.76. The minimum Gasteiger partial charge on any atom is -0.457 e. The van der Waals surface area contributed by atoms with Gasteiger partial charge in [-0.15, -0.1) is 0 Å². The van der Waals surface area contributed by atoms with Gasteiger partial charge in [-0.3, -0.25) is 19.2 Å². The highest BCUT2D eigenvalue weighted by molar-refractivity contribution is 6.33. The van der Waals surface area contributed by atoms with E-state index in [2.05, 4.69) is 0 Å². The first-order valence-electron chi connectivity index (χ1n) is 13.8. The van der Waals surface area contributed by atoms with Gasteiger partial charge >= 0.3 is 0 Å². The molecule has 0 bridgehead atoms. The van der Waals surface area contributed by atoms with E-state index in [1.54, 1.807) is 60.7 Å². The number of carbonyl (C=O) groups is 4. The maximum Gasteiger partial charge on any atom is 0.258 e. The van der Waals surface area contributed by atoms with E-state index in [0.29, 0.717) is 44.4 Å². The maximum absolute atomic E-state index is 11.9. The molecule has 0 aliphatic carbocycles. The standard InChI is InChI=1S/C35H24Cl2N2O6/c1-35(2,27-13-11-25(19-29(27)36)44-23-7-3-21(4-8-23)38-31(40)15-16-32(38)41)28-14-12-26(20-30(28)37)45-24-9-5-22(6-10-24)39-33(42)17-18-34(39)43/h3-20H,1-2H3. The quantitative estimate of drug-likeness (QED) is 0.183. The monoisotopic (exact) mass is 638 g/mol. The van der Waals surface area contributed by atoms with Crippen LogP contribution in [0.2, 0.25) is 10.0 Å². The van der Waals surface area contributed by atoms with Gasteiger partial charge in [0.25, 0.3) is 23.6 Å². The van der Waals surface area contributed by atoms with Crippen molar-refractivity contribution in [2.45, 2.75) is 19.3 Å². The van der Waals surface area contributed by atoms with Crippen molar-refractivity contribution in [2.24, 2.45) is 0 Å². The van der Waals surface area contributed by atoms with Crippen LogP contribution in [0, 0.1) is 0 Å². The first-order chi connectivity index (χ1) is 21.5. The molecule has 0 radical (unpaired) electrons. The van der Waals surface area contributed by atoms with Crippen molar-refractivity contribution in [3.63, 3.8) is 0 Å². The first-order valence-corrected chi connectivity index (χ1v) is 14.5. The van der Waals surface area contributed by atoms with E-state index < -0.39 is 5.41 Å². The van der Waals surface area contributed by atoms with Crippen LogP contribution in [0.3, 0.4) is 0 Å². The summed E-state index contributed by atoms with van der Waals surface area (Å²) in [5.74, 6) is 0.494. The molecule has 2 heterocycles. The van der Waals surface area contributed by atoms with Gasteiger partial charge in [-0.2, -0.15) is 0 Å². The summed E-state index contributed by atoms with van der Waals surface area (Å²) in [4.78, 5) is 49.9. The number of hydrogen-bond donors (Lipinski definition) is 0. The maximum atomic E-state index is 11.9. The molecule has 0 fully saturated rings. The Morgan fingerprint density at radius 2 is 0.800 bits per heavy atom. The number of nitrogens with zero attached hydrogens (tertiary/aromatic N) is 2. The molecule has 4 amide bonds. The summed E-state index contributed by atoms with van der Waals surface area (Å²) in [6.45, 7) is 4.03. The van der Waals surface area contributed by atoms with Crippen LogP contribution in [0.15, 0.2) is 109 Å². The summed E-state index contributed by atoms with van der Waals surface area (Å²) in [5, 5.41) is 0.963. The Labute approximate surface area is 268 Å². The van der Waals surface area contributed by atoms with Gasteiger partial charge < -0.3 is 9.47 Å². The zero-order chi connectivity index (χ0) is 31.9. The van der Waals surface area contributed by atoms with E-state index in [-0.39, 0.29) is 23.6 Å². The lowest BCUT2D eigenvalue weighted by atomic mass is 9.78. The predicted molar refractivity (Wildman–Crippen MR) is 171 cm³/mol. The van der Waals surface area contributed by atoms with Gasteiger partial charge in [0.05, 0.1) is 11.4 Å². The highest BCUT2D eigenvalue weighted by atomic mass is 35.5. The molecule has 0 saturated carbocycles. The molecule has 0 saturated heterocycles. The van der Waals surface area contributed by atoms with Crippen molar-refractivity contribution < 1.29 is 28.7 Å². The average molecular weight is 639 g/mol. The van der Waals surface area contributed by atoms with Gasteiger partial charge in [0.1, 0.15) is 23.0 Å². The molecule has 2 aliphatic heterocycles. The van der Waals surface area contributed by atoms with Gasteiger partial charge in [-0.25, -0.2) is 9.80 Å². The van der Waals surface area contributed by atoms with E-state index in [1.807, 2.05) is 38.1 Å². The van der Waals surface area contributed by atoms with E-state index >= 15 is 0 Å². The smallest absolute Gasteiger partial charge is 0.258 e. The van der Waals surface area contributed by atoms with E-state index in [1.165, 1.54) is 24.3 Å². The average Bonchev–Trinajstić information content (AvgIpc) is 3.52. The number of rotatable bonds is 8. The number of hydrogen-bond acceptors (Lipinski definition) is 6. The van der Waals surface area contributed by atoms with Crippen molar-refractivity contribution >= 4 is 58.2 Å². The van der Waals surface area contributed by atoms with Crippen molar-refractivity contribution in [2.75, 3.05) is 9.80 Å². The largest absolute Gasteiger partial charge is 0.457 e. The van der Waals surface area contributed by atoms with Crippen molar-refractivity contribution in [3.05, 3.63) is 130 Å². The number of amides is 4. The Kier molecular flexibility index (Phi) is 7.78. The Balaban J connectivity index is 1.14. The van der Waals surface area contributed by atoms with Crippen LogP contribution < -0.4 is 19.3 Å². The molecule has 0 aromatic heterocycles. The fourth-order valence-corrected chi connectivity index (χ4v) is 6.00. The normalized spacial score (nSPS) is 14.6. The third kappa shape index (κ3) is 5.85. The first kappa shape index (κ1) is 29.9. The summed E-state index contributed by atoms with van der Waals surface area (Å²) in [6.07, 6.45) is 4.93. The van der Waals surface area contributed by atoms with Crippen molar-refractivity contribution in [1.82, 2.24) is 0 Å². The number of carbonyl (C=O) groups excluding carboxylic acids is 4. The molecule has 0 unspecified atom stereocenters. The molecule has 4 aromatic carbocycles. The van der Waals surface area contributed by atoms with Crippen molar-refractivity contribution in [1.29, 1.82) is 0 Å². The Hall–Kier alpha value is -5.18. The third-order valence-electron chi connectivity index (χ3n) is 7.51. The van der Waals surface area contributed by atoms with Gasteiger partial charge in [-0.1, -0.05) is 49.2 Å². The van der Waals surface area contributed by atoms with Crippen LogP contribution in [0.25, 0.3) is 0 Å². The minimum absolute atomic E-state index is 0.388. The second kappa shape index (κ2) is 11.7. The van der Waals surface area contributed by atoms with E-state index in [4.69, 9.17) is 32.7 Å². The topological polar surface area (TPSA) is 93.2 Å². The van der Waals surface area contributed by atoms with E-state index in [9.17, 15) is 19.2 Å². The van der Waals surface area contributed by atoms with Gasteiger partial charge in [0, 0.05) is 39.8 Å². The summed E-state index contributed by atoms with van der Waals surface area (Å²) in [7, 11) is 0. The van der Waals surface area contributed by atoms with Gasteiger partial charge in [-0.05, 0) is 83.9 Å². The molecule has 0 spiro atoms. The van der Waals surface area contributed by atoms with Crippen LogP contribution in [-0.2, 0) is 24.6 Å². The number of imide groups is 2. The minimum atomic E-state index is -0.583. The molecular formula is C35H24Cl2N2O6. The molecule has 45 heavy (non-hydrogen) atoms. The number of ether oxygens (including phenoxy) is 2. The summed E-state index contributed by atoms with van der Waals surface area (Å²) in [6, 6.07) is 24.1. The van der Waals surface area contributed by atoms with E-state index in [0.717, 1.165) is 20.9 Å². The molecule has 2 aliphatic rings. The SMILES string of the molecule is CC(C)(c1ccc(Oc2ccc(N3C(=O)C=CC3=O)cc2)cc1Cl)c1ccc(Oc2ccc(N3C(=O)C=CC3=O)cc2)cc1Cl. The van der Waals surface area contributed by atoms with Gasteiger partial charge in [0.15, 0.2) is 0 Å². The van der Waals surface area contributed by atoms with Crippen LogP contribution in [0.5, 0.6) is 23.0 Å². The zero-order valence-electron chi connectivity index (χ0n) is 24.0. The molecule has 10 heteroatoms. The highest BCUT2D eigenvalue weighted by Gasteiger charge is 2.29. The van der Waals surface area contributed by atoms with Gasteiger partial charge in [0.2, 0.25) is 0 Å². The van der Waals surface area contributed by atoms with Crippen LogP contribution in [-0.4, -0.2) is 23.6 Å². The van der Waals surface area contributed by atoms with Crippen LogP contribution in [0.4, 0.5) is 11.4 Å². The lowest BCUT2D eigenvalue weighted by Gasteiger charge is -2.28. The fraction of sp³-hybridized carbons (Fsp3) is 0.0857. The lowest BCUT2D eigenvalue weighted by Crippen LogP contribution is -2.29. The molecule has 0 atom stereocenters. The number of benzene rings is 4. The molecule has 6 rings (SSSR count). The van der Waals surface area contributed by atoms with Crippen LogP contribution in [0.1, 0.15) is 25.0 Å². The lowest BCUT2D eigenvalue weighted by molar-refractivity contribution is -0.121. The van der Waals surface area contributed by atoms with Crippen molar-refractivity contribution in [3.8, 4) is 23.0 Å². The molecular weight excluding hydrogens is 615 g/mol. The third-order valence-corrected chi connectivity index (χ3v) is 8.13.